The molecule has 1 aromatic heterocycles. The van der Waals surface area contributed by atoms with Crippen LogP contribution >= 0.6 is 0 Å². The van der Waals surface area contributed by atoms with Crippen LogP contribution in [0.25, 0.3) is 0 Å². The van der Waals surface area contributed by atoms with Gasteiger partial charge in [0.1, 0.15) is 5.75 Å². The van der Waals surface area contributed by atoms with Crippen LogP contribution in [0.5, 0.6) is 5.75 Å². The lowest BCUT2D eigenvalue weighted by molar-refractivity contribution is -0.115. The zero-order valence-electron chi connectivity index (χ0n) is 15.3. The van der Waals surface area contributed by atoms with Crippen molar-refractivity contribution in [2.75, 3.05) is 12.4 Å². The first-order valence-corrected chi connectivity index (χ1v) is 8.57. The van der Waals surface area contributed by atoms with Gasteiger partial charge in [0.2, 0.25) is 5.91 Å². The number of hydrogen-bond donors (Lipinski definition) is 1. The van der Waals surface area contributed by atoms with E-state index in [4.69, 9.17) is 4.74 Å². The Morgan fingerprint density at radius 1 is 1.08 bits per heavy atom. The predicted octanol–water partition coefficient (Wildman–Crippen LogP) is 3.74. The zero-order chi connectivity index (χ0) is 18.5. The molecule has 134 valence electrons. The van der Waals surface area contributed by atoms with E-state index in [9.17, 15) is 4.79 Å². The van der Waals surface area contributed by atoms with Gasteiger partial charge >= 0.3 is 0 Å². The van der Waals surface area contributed by atoms with Gasteiger partial charge in [0, 0.05) is 0 Å². The van der Waals surface area contributed by atoms with Gasteiger partial charge in [-0.3, -0.25) is 9.48 Å². The number of nitrogens with one attached hydrogen (secondary N) is 1. The van der Waals surface area contributed by atoms with E-state index < -0.39 is 0 Å². The lowest BCUT2D eigenvalue weighted by atomic mass is 10.1. The smallest absolute Gasteiger partial charge is 0.228 e. The number of amides is 1. The molecule has 1 N–H and O–H groups in total. The first-order valence-electron chi connectivity index (χ1n) is 8.57. The van der Waals surface area contributed by atoms with Crippen LogP contribution in [0, 0.1) is 13.8 Å². The first kappa shape index (κ1) is 17.7. The summed E-state index contributed by atoms with van der Waals surface area (Å²) in [5.41, 5.74) is 4.62. The molecule has 0 aliphatic carbocycles. The topological polar surface area (TPSA) is 56.1 Å². The molecule has 1 amide bonds. The summed E-state index contributed by atoms with van der Waals surface area (Å²) in [6, 6.07) is 17.6. The van der Waals surface area contributed by atoms with Gasteiger partial charge in [-0.05, 0) is 37.1 Å². The van der Waals surface area contributed by atoms with Crippen LogP contribution in [-0.4, -0.2) is 22.8 Å². The van der Waals surface area contributed by atoms with Crippen molar-refractivity contribution < 1.29 is 9.53 Å². The molecule has 0 aliphatic heterocycles. The number of rotatable bonds is 6. The minimum Gasteiger partial charge on any atom is -0.497 e. The number of carbonyl (C=O) groups excluding carboxylic acids is 1. The van der Waals surface area contributed by atoms with E-state index in [2.05, 4.69) is 10.4 Å². The van der Waals surface area contributed by atoms with Crippen LogP contribution in [0.15, 0.2) is 54.6 Å². The summed E-state index contributed by atoms with van der Waals surface area (Å²) in [5.74, 6) is 0.781. The van der Waals surface area contributed by atoms with Crippen molar-refractivity contribution in [3.8, 4) is 5.75 Å². The number of benzene rings is 2. The van der Waals surface area contributed by atoms with Gasteiger partial charge in [-0.2, -0.15) is 5.10 Å². The number of aryl methyl sites for hydroxylation is 1. The third kappa shape index (κ3) is 4.11. The van der Waals surface area contributed by atoms with Crippen LogP contribution in [-0.2, 0) is 17.8 Å². The van der Waals surface area contributed by atoms with E-state index in [0.717, 1.165) is 34.0 Å². The highest BCUT2D eigenvalue weighted by Gasteiger charge is 2.15. The Morgan fingerprint density at radius 3 is 2.54 bits per heavy atom. The van der Waals surface area contributed by atoms with Gasteiger partial charge in [0.15, 0.2) is 0 Å². The van der Waals surface area contributed by atoms with Gasteiger partial charge in [-0.25, -0.2) is 0 Å². The highest BCUT2D eigenvalue weighted by Crippen LogP contribution is 2.22. The molecule has 0 unspecified atom stereocenters. The number of hydrogen-bond acceptors (Lipinski definition) is 3. The maximum atomic E-state index is 12.4. The minimum atomic E-state index is -0.0386. The quantitative estimate of drug-likeness (QED) is 0.737. The number of ether oxygens (including phenoxy) is 1. The maximum absolute atomic E-state index is 12.4. The first-order chi connectivity index (χ1) is 12.6. The van der Waals surface area contributed by atoms with Crippen molar-refractivity contribution >= 4 is 11.6 Å². The number of nitrogens with zero attached hydrogens (tertiary/aromatic N) is 2. The Labute approximate surface area is 153 Å². The molecule has 0 fully saturated rings. The molecule has 0 radical (unpaired) electrons. The van der Waals surface area contributed by atoms with Gasteiger partial charge < -0.3 is 10.1 Å². The molecule has 3 rings (SSSR count). The fraction of sp³-hybridized carbons (Fsp3) is 0.238. The van der Waals surface area contributed by atoms with Gasteiger partial charge in [-0.15, -0.1) is 0 Å². The van der Waals surface area contributed by atoms with E-state index >= 15 is 0 Å². The van der Waals surface area contributed by atoms with E-state index in [-0.39, 0.29) is 5.91 Å². The normalized spacial score (nSPS) is 10.6. The molecule has 0 saturated carbocycles. The molecule has 0 spiro atoms. The third-order valence-corrected chi connectivity index (χ3v) is 4.32. The Bertz CT molecular complexity index is 901. The fourth-order valence-electron chi connectivity index (χ4n) is 2.94. The van der Waals surface area contributed by atoms with Gasteiger partial charge in [0.25, 0.3) is 0 Å². The maximum Gasteiger partial charge on any atom is 0.228 e. The summed E-state index contributed by atoms with van der Waals surface area (Å²) in [6.07, 6.45) is 0.348. The number of aromatic nitrogens is 2. The molecule has 3 aromatic rings. The second kappa shape index (κ2) is 7.87. The molecule has 1 heterocycles. The SMILES string of the molecule is COc1cccc(Cn2nc(C)c(NC(=O)Cc3ccccc3)c2C)c1. The van der Waals surface area contributed by atoms with Crippen molar-refractivity contribution in [1.82, 2.24) is 9.78 Å². The summed E-state index contributed by atoms with van der Waals surface area (Å²) in [5, 5.41) is 7.59. The second-order valence-electron chi connectivity index (χ2n) is 6.27. The Kier molecular flexibility index (Phi) is 5.37. The Hall–Kier alpha value is -3.08. The van der Waals surface area contributed by atoms with Crippen molar-refractivity contribution in [1.29, 1.82) is 0 Å². The molecule has 0 saturated heterocycles. The Balaban J connectivity index is 1.74. The average Bonchev–Trinajstić information content (AvgIpc) is 2.90. The summed E-state index contributed by atoms with van der Waals surface area (Å²) < 4.78 is 7.18. The summed E-state index contributed by atoms with van der Waals surface area (Å²) in [7, 11) is 1.66. The molecular weight excluding hydrogens is 326 g/mol. The van der Waals surface area contributed by atoms with Crippen LogP contribution in [0.1, 0.15) is 22.5 Å². The van der Waals surface area contributed by atoms with E-state index in [1.54, 1.807) is 7.11 Å². The van der Waals surface area contributed by atoms with Crippen molar-refractivity contribution in [2.45, 2.75) is 26.8 Å². The van der Waals surface area contributed by atoms with Gasteiger partial charge in [0.05, 0.1) is 37.2 Å². The molecule has 5 heteroatoms. The van der Waals surface area contributed by atoms with Crippen molar-refractivity contribution in [3.63, 3.8) is 0 Å². The molecule has 26 heavy (non-hydrogen) atoms. The molecular formula is C21H23N3O2. The van der Waals surface area contributed by atoms with Crippen LogP contribution in [0.4, 0.5) is 5.69 Å². The Morgan fingerprint density at radius 2 is 1.81 bits per heavy atom. The summed E-state index contributed by atoms with van der Waals surface area (Å²) >= 11 is 0. The summed E-state index contributed by atoms with van der Waals surface area (Å²) in [4.78, 5) is 12.4. The number of carbonyl (C=O) groups is 1. The number of methoxy groups -OCH3 is 1. The molecule has 0 atom stereocenters. The largest absolute Gasteiger partial charge is 0.497 e. The average molecular weight is 349 g/mol. The van der Waals surface area contributed by atoms with Crippen molar-refractivity contribution in [2.24, 2.45) is 0 Å². The lowest BCUT2D eigenvalue weighted by Gasteiger charge is -2.08. The molecule has 2 aromatic carbocycles. The summed E-state index contributed by atoms with van der Waals surface area (Å²) in [6.45, 7) is 4.50. The second-order valence-corrected chi connectivity index (χ2v) is 6.27. The zero-order valence-corrected chi connectivity index (χ0v) is 15.3. The fourth-order valence-corrected chi connectivity index (χ4v) is 2.94. The molecule has 5 nitrogen and oxygen atoms in total. The van der Waals surface area contributed by atoms with Crippen molar-refractivity contribution in [3.05, 3.63) is 77.1 Å². The van der Waals surface area contributed by atoms with E-state index in [0.29, 0.717) is 13.0 Å². The van der Waals surface area contributed by atoms with Gasteiger partial charge in [-0.1, -0.05) is 42.5 Å². The van der Waals surface area contributed by atoms with E-state index in [1.165, 1.54) is 0 Å². The molecule has 0 bridgehead atoms. The number of anilines is 1. The highest BCUT2D eigenvalue weighted by molar-refractivity contribution is 5.93. The monoisotopic (exact) mass is 349 g/mol. The molecule has 0 aliphatic rings. The van der Waals surface area contributed by atoms with E-state index in [1.807, 2.05) is 73.1 Å². The predicted molar refractivity (Wildman–Crippen MR) is 103 cm³/mol. The highest BCUT2D eigenvalue weighted by atomic mass is 16.5. The standard InChI is InChI=1S/C21H23N3O2/c1-15-21(22-20(25)13-17-8-5-4-6-9-17)16(2)24(23-15)14-18-10-7-11-19(12-18)26-3/h4-12H,13-14H2,1-3H3,(H,22,25). The minimum absolute atomic E-state index is 0.0386. The van der Waals surface area contributed by atoms with Crippen LogP contribution in [0.3, 0.4) is 0 Å². The van der Waals surface area contributed by atoms with Crippen LogP contribution < -0.4 is 10.1 Å². The van der Waals surface area contributed by atoms with Crippen LogP contribution in [0.2, 0.25) is 0 Å². The lowest BCUT2D eigenvalue weighted by Crippen LogP contribution is -2.15. The third-order valence-electron chi connectivity index (χ3n) is 4.32.